The molecule has 110 valence electrons. The van der Waals surface area contributed by atoms with Gasteiger partial charge in [-0.3, -0.25) is 9.78 Å². The average Bonchev–Trinajstić information content (AvgIpc) is 2.42. The molecule has 0 bridgehead atoms. The molecule has 0 radical (unpaired) electrons. The van der Waals surface area contributed by atoms with E-state index in [4.69, 9.17) is 5.11 Å². The number of hydrogen-bond acceptors (Lipinski definition) is 3. The fourth-order valence-electron chi connectivity index (χ4n) is 1.76. The Hall–Kier alpha value is -2.11. The second-order valence-corrected chi connectivity index (χ2v) is 4.70. The van der Waals surface area contributed by atoms with E-state index in [1.807, 2.05) is 32.9 Å². The maximum Gasteiger partial charge on any atom is 0.323 e. The van der Waals surface area contributed by atoms with E-state index in [0.717, 1.165) is 11.3 Å². The average molecular weight is 279 g/mol. The van der Waals surface area contributed by atoms with E-state index < -0.39 is 5.97 Å². The smallest absolute Gasteiger partial charge is 0.323 e. The number of carbonyl (C=O) groups excluding carboxylic acids is 1. The van der Waals surface area contributed by atoms with E-state index in [1.165, 1.54) is 4.90 Å². The van der Waals surface area contributed by atoms with Crippen molar-refractivity contribution < 1.29 is 14.7 Å². The van der Waals surface area contributed by atoms with Crippen molar-refractivity contribution >= 4 is 12.0 Å². The van der Waals surface area contributed by atoms with E-state index in [0.29, 0.717) is 6.42 Å². The molecule has 0 saturated carbocycles. The molecule has 1 aromatic heterocycles. The van der Waals surface area contributed by atoms with Gasteiger partial charge < -0.3 is 15.3 Å². The lowest BCUT2D eigenvalue weighted by Gasteiger charge is -2.27. The van der Waals surface area contributed by atoms with Gasteiger partial charge in [-0.25, -0.2) is 4.79 Å². The van der Waals surface area contributed by atoms with E-state index in [1.54, 1.807) is 6.20 Å². The summed E-state index contributed by atoms with van der Waals surface area (Å²) >= 11 is 0. The number of aryl methyl sites for hydroxylation is 1. The van der Waals surface area contributed by atoms with E-state index >= 15 is 0 Å². The van der Waals surface area contributed by atoms with Gasteiger partial charge in [0.2, 0.25) is 0 Å². The Morgan fingerprint density at radius 1 is 1.50 bits per heavy atom. The lowest BCUT2D eigenvalue weighted by atomic mass is 10.2. The topological polar surface area (TPSA) is 82.5 Å². The van der Waals surface area contributed by atoms with Crippen LogP contribution in [0.4, 0.5) is 4.79 Å². The van der Waals surface area contributed by atoms with Gasteiger partial charge in [-0.2, -0.15) is 0 Å². The van der Waals surface area contributed by atoms with Crippen molar-refractivity contribution in [3.63, 3.8) is 0 Å². The molecule has 1 rings (SSSR count). The molecule has 1 atom stereocenters. The lowest BCUT2D eigenvalue weighted by Crippen LogP contribution is -2.47. The molecule has 6 nitrogen and oxygen atoms in total. The van der Waals surface area contributed by atoms with E-state index in [-0.39, 0.29) is 25.2 Å². The number of nitrogens with one attached hydrogen (secondary N) is 1. The molecule has 20 heavy (non-hydrogen) atoms. The molecule has 1 heterocycles. The zero-order chi connectivity index (χ0) is 15.1. The Balaban J connectivity index is 2.67. The van der Waals surface area contributed by atoms with Crippen molar-refractivity contribution in [1.82, 2.24) is 15.2 Å². The largest absolute Gasteiger partial charge is 0.480 e. The van der Waals surface area contributed by atoms with Crippen LogP contribution in [0.2, 0.25) is 0 Å². The van der Waals surface area contributed by atoms with Gasteiger partial charge in [-0.1, -0.05) is 13.0 Å². The number of carboxylic acid groups (broad SMARTS) is 1. The molecule has 0 aliphatic carbocycles. The van der Waals surface area contributed by atoms with Gasteiger partial charge in [0.05, 0.1) is 12.2 Å². The summed E-state index contributed by atoms with van der Waals surface area (Å²) in [5.74, 6) is -1.02. The first-order chi connectivity index (χ1) is 9.45. The van der Waals surface area contributed by atoms with Gasteiger partial charge in [0.25, 0.3) is 0 Å². The maximum atomic E-state index is 12.1. The zero-order valence-electron chi connectivity index (χ0n) is 12.1. The molecule has 1 aromatic rings. The van der Waals surface area contributed by atoms with Crippen LogP contribution in [0.25, 0.3) is 0 Å². The molecule has 1 unspecified atom stereocenters. The number of nitrogens with zero attached hydrogens (tertiary/aromatic N) is 2. The minimum atomic E-state index is -1.02. The summed E-state index contributed by atoms with van der Waals surface area (Å²) < 4.78 is 0. The highest BCUT2D eigenvalue weighted by Crippen LogP contribution is 2.06. The van der Waals surface area contributed by atoms with Crippen molar-refractivity contribution in [2.75, 3.05) is 6.54 Å². The van der Waals surface area contributed by atoms with Crippen LogP contribution in [-0.4, -0.2) is 39.6 Å². The molecule has 0 aromatic carbocycles. The van der Waals surface area contributed by atoms with Crippen molar-refractivity contribution in [2.45, 2.75) is 39.8 Å². The number of hydrogen-bond donors (Lipinski definition) is 2. The summed E-state index contributed by atoms with van der Waals surface area (Å²) in [4.78, 5) is 28.4. The predicted molar refractivity (Wildman–Crippen MR) is 75.3 cm³/mol. The summed E-state index contributed by atoms with van der Waals surface area (Å²) in [6.07, 6.45) is 2.36. The summed E-state index contributed by atoms with van der Waals surface area (Å²) in [5.41, 5.74) is 1.77. The van der Waals surface area contributed by atoms with Crippen molar-refractivity contribution in [2.24, 2.45) is 0 Å². The summed E-state index contributed by atoms with van der Waals surface area (Å²) in [7, 11) is 0. The molecule has 0 aliphatic rings. The molecule has 2 amide bonds. The Morgan fingerprint density at radius 3 is 2.75 bits per heavy atom. The van der Waals surface area contributed by atoms with Gasteiger partial charge in [0.1, 0.15) is 6.54 Å². The normalized spacial score (nSPS) is 11.8. The van der Waals surface area contributed by atoms with Gasteiger partial charge >= 0.3 is 12.0 Å². The molecular formula is C14H21N3O3. The lowest BCUT2D eigenvalue weighted by molar-refractivity contribution is -0.138. The molecular weight excluding hydrogens is 258 g/mol. The molecule has 0 spiro atoms. The molecule has 0 fully saturated rings. The number of amides is 2. The minimum absolute atomic E-state index is 0.129. The van der Waals surface area contributed by atoms with Crippen LogP contribution in [0.3, 0.4) is 0 Å². The van der Waals surface area contributed by atoms with Crippen molar-refractivity contribution in [3.8, 4) is 0 Å². The summed E-state index contributed by atoms with van der Waals surface area (Å²) in [6, 6.07) is 3.23. The Kier molecular flexibility index (Phi) is 5.96. The maximum absolute atomic E-state index is 12.1. The van der Waals surface area contributed by atoms with Crippen LogP contribution in [0.15, 0.2) is 18.3 Å². The van der Waals surface area contributed by atoms with E-state index in [2.05, 4.69) is 10.3 Å². The standard InChI is InChI=1S/C14H21N3O3/c1-4-11(3)17(9-13(18)19)14(20)16-8-12-10(2)6-5-7-15-12/h5-7,11H,4,8-9H2,1-3H3,(H,16,20)(H,18,19). The summed E-state index contributed by atoms with van der Waals surface area (Å²) in [5, 5.41) is 11.6. The first kappa shape index (κ1) is 15.9. The van der Waals surface area contributed by atoms with Crippen molar-refractivity contribution in [1.29, 1.82) is 0 Å². The Labute approximate surface area is 118 Å². The second-order valence-electron chi connectivity index (χ2n) is 4.70. The number of urea groups is 1. The quantitative estimate of drug-likeness (QED) is 0.831. The van der Waals surface area contributed by atoms with Crippen LogP contribution >= 0.6 is 0 Å². The first-order valence-corrected chi connectivity index (χ1v) is 6.62. The van der Waals surface area contributed by atoms with Crippen LogP contribution < -0.4 is 5.32 Å². The van der Waals surface area contributed by atoms with Gasteiger partial charge in [0.15, 0.2) is 0 Å². The number of aliphatic carboxylic acids is 1. The van der Waals surface area contributed by atoms with Gasteiger partial charge in [0, 0.05) is 12.2 Å². The number of carboxylic acids is 1. The van der Waals surface area contributed by atoms with Gasteiger partial charge in [-0.15, -0.1) is 0 Å². The SMILES string of the molecule is CCC(C)N(CC(=O)O)C(=O)NCc1ncccc1C. The number of carbonyl (C=O) groups is 2. The van der Waals surface area contributed by atoms with Crippen LogP contribution in [0.5, 0.6) is 0 Å². The third-order valence-electron chi connectivity index (χ3n) is 3.21. The zero-order valence-corrected chi connectivity index (χ0v) is 12.1. The summed E-state index contributed by atoms with van der Waals surface area (Å²) in [6.45, 7) is 5.64. The number of rotatable bonds is 6. The van der Waals surface area contributed by atoms with Gasteiger partial charge in [-0.05, 0) is 31.9 Å². The molecule has 0 aliphatic heterocycles. The molecule has 2 N–H and O–H groups in total. The highest BCUT2D eigenvalue weighted by molar-refractivity contribution is 5.80. The van der Waals surface area contributed by atoms with Crippen LogP contribution in [0, 0.1) is 6.92 Å². The Bertz CT molecular complexity index is 476. The third-order valence-corrected chi connectivity index (χ3v) is 3.21. The highest BCUT2D eigenvalue weighted by atomic mass is 16.4. The minimum Gasteiger partial charge on any atom is -0.480 e. The first-order valence-electron chi connectivity index (χ1n) is 6.62. The number of aromatic nitrogens is 1. The fraction of sp³-hybridized carbons (Fsp3) is 0.500. The highest BCUT2D eigenvalue weighted by Gasteiger charge is 2.21. The van der Waals surface area contributed by atoms with Crippen LogP contribution in [0.1, 0.15) is 31.5 Å². The molecule has 6 heteroatoms. The monoisotopic (exact) mass is 279 g/mol. The fourth-order valence-corrected chi connectivity index (χ4v) is 1.76. The van der Waals surface area contributed by atoms with E-state index in [9.17, 15) is 9.59 Å². The number of pyridine rings is 1. The third kappa shape index (κ3) is 4.53. The van der Waals surface area contributed by atoms with Crippen LogP contribution in [-0.2, 0) is 11.3 Å². The van der Waals surface area contributed by atoms with Crippen molar-refractivity contribution in [3.05, 3.63) is 29.6 Å². The predicted octanol–water partition coefficient (Wildman–Crippen LogP) is 1.78. The Morgan fingerprint density at radius 2 is 2.20 bits per heavy atom. The second kappa shape index (κ2) is 7.47. The molecule has 0 saturated heterocycles.